The maximum Gasteiger partial charge on any atom is 0.253 e. The Hall–Kier alpha value is -3.17. The second-order valence-electron chi connectivity index (χ2n) is 11.0. The highest BCUT2D eigenvalue weighted by Crippen LogP contribution is 2.63. The van der Waals surface area contributed by atoms with E-state index >= 15 is 0 Å². The topological polar surface area (TPSA) is 99.6 Å². The Bertz CT molecular complexity index is 1120. The van der Waals surface area contributed by atoms with Gasteiger partial charge in [0.25, 0.3) is 5.91 Å². The van der Waals surface area contributed by atoms with Crippen molar-refractivity contribution < 1.29 is 29.0 Å². The molecule has 39 heavy (non-hydrogen) atoms. The average Bonchev–Trinajstić information content (AvgIpc) is 3.51. The van der Waals surface area contributed by atoms with Gasteiger partial charge in [-0.3, -0.25) is 14.4 Å². The average molecular weight is 540 g/mol. The van der Waals surface area contributed by atoms with Crippen molar-refractivity contribution in [2.75, 3.05) is 38.3 Å². The van der Waals surface area contributed by atoms with Crippen molar-refractivity contribution in [3.63, 3.8) is 0 Å². The molecule has 3 fully saturated rings. The summed E-state index contributed by atoms with van der Waals surface area (Å²) < 4.78 is 12.0. The number of nitrogens with zero attached hydrogens (tertiary/aromatic N) is 3. The lowest BCUT2D eigenvalue weighted by atomic mass is 9.66. The molecule has 1 aromatic carbocycles. The first-order chi connectivity index (χ1) is 18.6. The van der Waals surface area contributed by atoms with Crippen LogP contribution in [0.1, 0.15) is 40.0 Å². The molecule has 9 nitrogen and oxygen atoms in total. The number of likely N-dealkylation sites (tertiary alicyclic amines) is 1. The molecular formula is C30H41N3O6. The van der Waals surface area contributed by atoms with Crippen LogP contribution in [0.15, 0.2) is 49.6 Å². The van der Waals surface area contributed by atoms with E-state index in [0.717, 1.165) is 6.42 Å². The molecule has 0 aliphatic carbocycles. The summed E-state index contributed by atoms with van der Waals surface area (Å²) in [6.45, 7) is 14.0. The van der Waals surface area contributed by atoms with Gasteiger partial charge >= 0.3 is 0 Å². The van der Waals surface area contributed by atoms with Crippen LogP contribution in [0.25, 0.3) is 0 Å². The summed E-state index contributed by atoms with van der Waals surface area (Å²) in [6.07, 6.45) is 5.10. The standard InChI is InChI=1S/C30H41N3O6/c1-7-16-31(17-8-2)26(35)23-24-27(36)33(20(4)19-34)25(30(24)15-14-29(23,5)39-30)28(37)32(18-9-3)21-10-12-22(38-6)13-11-21/h7,9-13,20,23-25,34H,1,3,8,14-19H2,2,4-6H3/t20-,23-,24+,25?,29+,30?/m1/s1. The fourth-order valence-electron chi connectivity index (χ4n) is 6.86. The summed E-state index contributed by atoms with van der Waals surface area (Å²) in [5.74, 6) is -1.70. The van der Waals surface area contributed by atoms with Crippen LogP contribution in [0, 0.1) is 11.8 Å². The molecule has 0 radical (unpaired) electrons. The molecule has 3 aliphatic heterocycles. The van der Waals surface area contributed by atoms with Crippen LogP contribution < -0.4 is 9.64 Å². The number of rotatable bonds is 12. The first kappa shape index (κ1) is 28.8. The van der Waals surface area contributed by atoms with Gasteiger partial charge in [0.15, 0.2) is 0 Å². The Labute approximate surface area is 231 Å². The number of methoxy groups -OCH3 is 1. The van der Waals surface area contributed by atoms with E-state index in [0.29, 0.717) is 37.4 Å². The van der Waals surface area contributed by atoms with Crippen LogP contribution in [0.2, 0.25) is 0 Å². The minimum absolute atomic E-state index is 0.151. The Morgan fingerprint density at radius 1 is 1.21 bits per heavy atom. The summed E-state index contributed by atoms with van der Waals surface area (Å²) in [5.41, 5.74) is -1.43. The van der Waals surface area contributed by atoms with E-state index in [1.807, 2.05) is 13.8 Å². The molecule has 2 bridgehead atoms. The summed E-state index contributed by atoms with van der Waals surface area (Å²) >= 11 is 0. The summed E-state index contributed by atoms with van der Waals surface area (Å²) in [4.78, 5) is 47.5. The number of aliphatic hydroxyl groups is 1. The summed E-state index contributed by atoms with van der Waals surface area (Å²) in [6, 6.07) is 5.46. The molecule has 0 aromatic heterocycles. The number of amides is 3. The van der Waals surface area contributed by atoms with Crippen LogP contribution in [0.5, 0.6) is 5.75 Å². The Morgan fingerprint density at radius 2 is 1.87 bits per heavy atom. The molecule has 2 unspecified atom stereocenters. The van der Waals surface area contributed by atoms with E-state index in [4.69, 9.17) is 9.47 Å². The van der Waals surface area contributed by atoms with Gasteiger partial charge in [-0.1, -0.05) is 19.1 Å². The van der Waals surface area contributed by atoms with Crippen molar-refractivity contribution in [1.29, 1.82) is 0 Å². The zero-order valence-electron chi connectivity index (χ0n) is 23.5. The number of hydrogen-bond donors (Lipinski definition) is 1. The lowest BCUT2D eigenvalue weighted by Gasteiger charge is -2.38. The number of carbonyl (C=O) groups excluding carboxylic acids is 3. The van der Waals surface area contributed by atoms with Crippen LogP contribution in [0.4, 0.5) is 5.69 Å². The van der Waals surface area contributed by atoms with Crippen molar-refractivity contribution in [2.24, 2.45) is 11.8 Å². The number of carbonyl (C=O) groups is 3. The molecule has 3 aliphatic rings. The van der Waals surface area contributed by atoms with Gasteiger partial charge in [0.05, 0.1) is 37.2 Å². The molecular weight excluding hydrogens is 498 g/mol. The van der Waals surface area contributed by atoms with Gasteiger partial charge in [-0.05, 0) is 57.4 Å². The highest BCUT2D eigenvalue weighted by Gasteiger charge is 2.78. The minimum atomic E-state index is -1.18. The number of ether oxygens (including phenoxy) is 2. The van der Waals surface area contributed by atoms with Crippen LogP contribution >= 0.6 is 0 Å². The van der Waals surface area contributed by atoms with E-state index in [9.17, 15) is 19.5 Å². The van der Waals surface area contributed by atoms with Crippen LogP contribution in [-0.2, 0) is 19.1 Å². The van der Waals surface area contributed by atoms with Crippen molar-refractivity contribution in [2.45, 2.75) is 63.3 Å². The first-order valence-electron chi connectivity index (χ1n) is 13.7. The highest BCUT2D eigenvalue weighted by atomic mass is 16.5. The lowest BCUT2D eigenvalue weighted by Crippen LogP contribution is -2.58. The zero-order valence-corrected chi connectivity index (χ0v) is 23.5. The maximum atomic E-state index is 14.5. The SMILES string of the molecule is C=CCN(CCC)C(=O)[C@H]1[C@H]2C(=O)N([C@H](C)CO)C(C(=O)N(CC=C)c3ccc(OC)cc3)C23CC[C@]1(C)O3. The molecule has 3 saturated heterocycles. The molecule has 1 N–H and O–H groups in total. The fourth-order valence-corrected chi connectivity index (χ4v) is 6.86. The second kappa shape index (κ2) is 11.1. The quantitative estimate of drug-likeness (QED) is 0.410. The van der Waals surface area contributed by atoms with Gasteiger partial charge in [0, 0.05) is 25.3 Å². The summed E-state index contributed by atoms with van der Waals surface area (Å²) in [7, 11) is 1.57. The summed E-state index contributed by atoms with van der Waals surface area (Å²) in [5, 5.41) is 10.1. The predicted octanol–water partition coefficient (Wildman–Crippen LogP) is 2.78. The highest BCUT2D eigenvalue weighted by molar-refractivity contribution is 6.05. The van der Waals surface area contributed by atoms with Crippen molar-refractivity contribution >= 4 is 23.4 Å². The molecule has 9 heteroatoms. The third-order valence-electron chi connectivity index (χ3n) is 8.57. The largest absolute Gasteiger partial charge is 0.497 e. The van der Waals surface area contributed by atoms with Gasteiger partial charge < -0.3 is 29.3 Å². The molecule has 4 rings (SSSR count). The molecule has 1 aromatic rings. The Morgan fingerprint density at radius 3 is 2.44 bits per heavy atom. The molecule has 3 heterocycles. The van der Waals surface area contributed by atoms with Gasteiger partial charge in [-0.2, -0.15) is 0 Å². The number of aliphatic hydroxyl groups excluding tert-OH is 1. The molecule has 3 amide bonds. The van der Waals surface area contributed by atoms with Crippen LogP contribution in [-0.4, -0.2) is 89.3 Å². The Balaban J connectivity index is 1.80. The molecule has 6 atom stereocenters. The monoisotopic (exact) mass is 539 g/mol. The third-order valence-corrected chi connectivity index (χ3v) is 8.57. The zero-order chi connectivity index (χ0) is 28.5. The lowest BCUT2D eigenvalue weighted by molar-refractivity contribution is -0.151. The first-order valence-corrected chi connectivity index (χ1v) is 13.7. The van der Waals surface area contributed by atoms with E-state index < -0.39 is 35.1 Å². The third kappa shape index (κ3) is 4.55. The number of anilines is 1. The number of fused-ring (bicyclic) bond motifs is 1. The second-order valence-corrected chi connectivity index (χ2v) is 11.0. The molecule has 0 saturated carbocycles. The van der Waals surface area contributed by atoms with Crippen molar-refractivity contribution in [1.82, 2.24) is 9.80 Å². The van der Waals surface area contributed by atoms with E-state index in [1.165, 1.54) is 4.90 Å². The Kier molecular flexibility index (Phi) is 8.23. The fraction of sp³-hybridized carbons (Fsp3) is 0.567. The molecule has 1 spiro atoms. The minimum Gasteiger partial charge on any atom is -0.497 e. The van der Waals surface area contributed by atoms with Gasteiger partial charge in [0.2, 0.25) is 11.8 Å². The van der Waals surface area contributed by atoms with Gasteiger partial charge in [-0.15, -0.1) is 13.2 Å². The van der Waals surface area contributed by atoms with Gasteiger partial charge in [-0.25, -0.2) is 0 Å². The van der Waals surface area contributed by atoms with E-state index in [1.54, 1.807) is 60.3 Å². The predicted molar refractivity (Wildman–Crippen MR) is 148 cm³/mol. The number of hydrogen-bond acceptors (Lipinski definition) is 6. The van der Waals surface area contributed by atoms with Crippen molar-refractivity contribution in [3.8, 4) is 5.75 Å². The maximum absolute atomic E-state index is 14.5. The van der Waals surface area contributed by atoms with Crippen molar-refractivity contribution in [3.05, 3.63) is 49.6 Å². The molecule has 212 valence electrons. The van der Waals surface area contributed by atoms with Gasteiger partial charge in [0.1, 0.15) is 17.4 Å². The van der Waals surface area contributed by atoms with E-state index in [-0.39, 0.29) is 30.9 Å². The normalized spacial score (nSPS) is 29.6. The smallest absolute Gasteiger partial charge is 0.253 e. The van der Waals surface area contributed by atoms with E-state index in [2.05, 4.69) is 13.2 Å². The van der Waals surface area contributed by atoms with Crippen LogP contribution in [0.3, 0.4) is 0 Å². The number of benzene rings is 1.